The summed E-state index contributed by atoms with van der Waals surface area (Å²) in [6, 6.07) is -1.63. The van der Waals surface area contributed by atoms with Gasteiger partial charge in [0.25, 0.3) is 0 Å². The standard InChI is InChI=1S/C18H31N7O7S/c1-10(27)18(8-26,9-33)25-14(31)11(6-13(29)30)24-12(28)7-23-15(32)17(2,21)4-3-5-22-16(19)20/h8,11,33H,3-7,9,21H2,1-2H3,(H,23,32)(H,24,28)(H,25,31)(H,29,30)(H4,19,20,22)/t11-,17-,18+/m0/s1. The minimum Gasteiger partial charge on any atom is -0.481 e. The van der Waals surface area contributed by atoms with Crippen molar-refractivity contribution in [3.8, 4) is 0 Å². The Bertz CT molecular complexity index is 799. The average Bonchev–Trinajstić information content (AvgIpc) is 2.72. The van der Waals surface area contributed by atoms with E-state index in [1.165, 1.54) is 6.92 Å². The number of guanidine groups is 1. The van der Waals surface area contributed by atoms with Crippen molar-refractivity contribution >= 4 is 54.3 Å². The molecule has 0 radical (unpaired) electrons. The van der Waals surface area contributed by atoms with Gasteiger partial charge in [-0.2, -0.15) is 12.6 Å². The molecule has 186 valence electrons. The Morgan fingerprint density at radius 3 is 2.27 bits per heavy atom. The smallest absolute Gasteiger partial charge is 0.305 e. The lowest BCUT2D eigenvalue weighted by molar-refractivity contribution is -0.141. The van der Waals surface area contributed by atoms with Crippen molar-refractivity contribution < 1.29 is 33.9 Å². The Morgan fingerprint density at radius 2 is 1.82 bits per heavy atom. The van der Waals surface area contributed by atoms with Gasteiger partial charge in [0, 0.05) is 12.3 Å². The molecular formula is C18H31N7O7S. The van der Waals surface area contributed by atoms with Gasteiger partial charge in [-0.1, -0.05) is 0 Å². The highest BCUT2D eigenvalue weighted by atomic mass is 32.1. The zero-order valence-corrected chi connectivity index (χ0v) is 19.3. The zero-order chi connectivity index (χ0) is 25.8. The van der Waals surface area contributed by atoms with E-state index < -0.39 is 59.6 Å². The fourth-order valence-corrected chi connectivity index (χ4v) is 2.83. The Hall–Kier alpha value is -3.20. The predicted octanol–water partition coefficient (Wildman–Crippen LogP) is -3.59. The number of nitrogens with one attached hydrogen (secondary N) is 3. The lowest BCUT2D eigenvalue weighted by Crippen LogP contribution is -2.62. The summed E-state index contributed by atoms with van der Waals surface area (Å²) in [5, 5.41) is 15.6. The van der Waals surface area contributed by atoms with Gasteiger partial charge in [0.1, 0.15) is 6.04 Å². The first-order valence-corrected chi connectivity index (χ1v) is 10.4. The van der Waals surface area contributed by atoms with Gasteiger partial charge in [0.2, 0.25) is 17.7 Å². The Labute approximate surface area is 195 Å². The van der Waals surface area contributed by atoms with Gasteiger partial charge in [-0.15, -0.1) is 0 Å². The molecule has 15 heteroatoms. The summed E-state index contributed by atoms with van der Waals surface area (Å²) in [5.41, 5.74) is 13.0. The van der Waals surface area contributed by atoms with Gasteiger partial charge >= 0.3 is 5.97 Å². The molecule has 14 nitrogen and oxygen atoms in total. The van der Waals surface area contributed by atoms with Gasteiger partial charge < -0.3 is 43.1 Å². The molecule has 0 aromatic rings. The number of hydrogen-bond donors (Lipinski definition) is 8. The van der Waals surface area contributed by atoms with Crippen LogP contribution in [0.25, 0.3) is 0 Å². The van der Waals surface area contributed by atoms with Gasteiger partial charge in [0.15, 0.2) is 23.6 Å². The number of carbonyl (C=O) groups excluding carboxylic acids is 5. The molecule has 3 amide bonds. The molecule has 0 aliphatic carbocycles. The summed E-state index contributed by atoms with van der Waals surface area (Å²) in [4.78, 5) is 74.9. The number of Topliss-reactive ketones (excluding diaryl/α,β-unsaturated/α-hetero) is 1. The highest BCUT2D eigenvalue weighted by Gasteiger charge is 2.38. The highest BCUT2D eigenvalue weighted by molar-refractivity contribution is 7.80. The van der Waals surface area contributed by atoms with Crippen LogP contribution in [-0.2, 0) is 28.8 Å². The van der Waals surface area contributed by atoms with Gasteiger partial charge in [-0.3, -0.25) is 29.0 Å². The summed E-state index contributed by atoms with van der Waals surface area (Å²) in [7, 11) is 0. The number of aldehydes is 1. The number of nitrogens with zero attached hydrogens (tertiary/aromatic N) is 1. The molecule has 0 rings (SSSR count). The molecule has 0 saturated heterocycles. The number of aliphatic imine (C=N–C) groups is 1. The number of hydrogen-bond acceptors (Lipinski definition) is 9. The van der Waals surface area contributed by atoms with E-state index in [1.54, 1.807) is 0 Å². The number of ketones is 1. The van der Waals surface area contributed by atoms with E-state index in [0.29, 0.717) is 6.42 Å². The maximum atomic E-state index is 12.5. The van der Waals surface area contributed by atoms with Crippen LogP contribution in [0.1, 0.15) is 33.1 Å². The molecule has 0 saturated carbocycles. The summed E-state index contributed by atoms with van der Waals surface area (Å²) in [5.74, 6) is -5.29. The van der Waals surface area contributed by atoms with Gasteiger partial charge in [-0.25, -0.2) is 0 Å². The molecule has 0 aliphatic rings. The fourth-order valence-electron chi connectivity index (χ4n) is 2.46. The first-order valence-electron chi connectivity index (χ1n) is 9.74. The maximum Gasteiger partial charge on any atom is 0.305 e. The van der Waals surface area contributed by atoms with Crippen molar-refractivity contribution in [3.63, 3.8) is 0 Å². The molecule has 3 atom stereocenters. The van der Waals surface area contributed by atoms with Crippen LogP contribution in [0.4, 0.5) is 0 Å². The molecule has 0 fully saturated rings. The van der Waals surface area contributed by atoms with Crippen LogP contribution in [-0.4, -0.2) is 82.8 Å². The summed E-state index contributed by atoms with van der Waals surface area (Å²) < 4.78 is 0. The summed E-state index contributed by atoms with van der Waals surface area (Å²) >= 11 is 3.88. The fraction of sp³-hybridized carbons (Fsp3) is 0.611. The van der Waals surface area contributed by atoms with Crippen molar-refractivity contribution in [2.45, 2.75) is 50.2 Å². The van der Waals surface area contributed by atoms with Crippen LogP contribution in [0.3, 0.4) is 0 Å². The third kappa shape index (κ3) is 10.3. The van der Waals surface area contributed by atoms with Crippen LogP contribution in [0.2, 0.25) is 0 Å². The summed E-state index contributed by atoms with van der Waals surface area (Å²) in [6.45, 7) is 2.13. The van der Waals surface area contributed by atoms with Crippen molar-refractivity contribution in [1.82, 2.24) is 16.0 Å². The zero-order valence-electron chi connectivity index (χ0n) is 18.4. The molecule has 10 N–H and O–H groups in total. The second-order valence-electron chi connectivity index (χ2n) is 7.52. The lowest BCUT2D eigenvalue weighted by atomic mass is 9.96. The van der Waals surface area contributed by atoms with E-state index in [4.69, 9.17) is 22.3 Å². The third-order valence-electron chi connectivity index (χ3n) is 4.53. The number of amides is 3. The Balaban J connectivity index is 5.06. The monoisotopic (exact) mass is 489 g/mol. The van der Waals surface area contributed by atoms with Crippen LogP contribution in [0.15, 0.2) is 4.99 Å². The van der Waals surface area contributed by atoms with Crippen LogP contribution in [0, 0.1) is 0 Å². The number of nitrogens with two attached hydrogens (primary N) is 3. The minimum absolute atomic E-state index is 0.0992. The molecule has 0 bridgehead atoms. The first kappa shape index (κ1) is 29.8. The topological polar surface area (TPSA) is 249 Å². The van der Waals surface area contributed by atoms with Gasteiger partial charge in [0.05, 0.1) is 18.5 Å². The van der Waals surface area contributed by atoms with E-state index in [2.05, 4.69) is 33.6 Å². The van der Waals surface area contributed by atoms with Crippen molar-refractivity contribution in [2.24, 2.45) is 22.2 Å². The largest absolute Gasteiger partial charge is 0.481 e. The van der Waals surface area contributed by atoms with Gasteiger partial charge in [-0.05, 0) is 26.7 Å². The highest BCUT2D eigenvalue weighted by Crippen LogP contribution is 2.09. The minimum atomic E-state index is -1.98. The average molecular weight is 490 g/mol. The number of rotatable bonds is 15. The van der Waals surface area contributed by atoms with E-state index in [-0.39, 0.29) is 31.0 Å². The molecule has 33 heavy (non-hydrogen) atoms. The Kier molecular flexibility index (Phi) is 12.1. The maximum absolute atomic E-state index is 12.5. The van der Waals surface area contributed by atoms with Crippen LogP contribution >= 0.6 is 12.6 Å². The van der Waals surface area contributed by atoms with E-state index in [1.807, 2.05) is 0 Å². The third-order valence-corrected chi connectivity index (χ3v) is 5.03. The van der Waals surface area contributed by atoms with Crippen molar-refractivity contribution in [3.05, 3.63) is 0 Å². The molecule has 0 unspecified atom stereocenters. The SMILES string of the molecule is CC(=O)[C@@](C=O)(CS)NC(=O)[C@H](CC(=O)O)NC(=O)CNC(=O)[C@@](C)(N)CCCN=C(N)N. The Morgan fingerprint density at radius 1 is 1.21 bits per heavy atom. The molecule has 0 aromatic heterocycles. The summed E-state index contributed by atoms with van der Waals surface area (Å²) in [6.07, 6.45) is -0.0747. The first-order chi connectivity index (χ1) is 15.2. The van der Waals surface area contributed by atoms with Crippen LogP contribution < -0.4 is 33.2 Å². The lowest BCUT2D eigenvalue weighted by Gasteiger charge is -2.27. The number of carboxylic acids is 1. The van der Waals surface area contributed by atoms with E-state index >= 15 is 0 Å². The van der Waals surface area contributed by atoms with Crippen molar-refractivity contribution in [1.29, 1.82) is 0 Å². The van der Waals surface area contributed by atoms with E-state index in [0.717, 1.165) is 6.92 Å². The normalized spacial score (nSPS) is 15.0. The molecule has 0 aromatic carbocycles. The quantitative estimate of drug-likeness (QED) is 0.0280. The number of thiol groups is 1. The second kappa shape index (κ2) is 13.4. The van der Waals surface area contributed by atoms with Crippen molar-refractivity contribution in [2.75, 3.05) is 18.8 Å². The van der Waals surface area contributed by atoms with Crippen LogP contribution in [0.5, 0.6) is 0 Å². The number of carboxylic acid groups (broad SMARTS) is 1. The molecule has 0 aliphatic heterocycles. The van der Waals surface area contributed by atoms with E-state index in [9.17, 15) is 28.8 Å². The number of carbonyl (C=O) groups is 6. The predicted molar refractivity (Wildman–Crippen MR) is 121 cm³/mol. The second-order valence-corrected chi connectivity index (χ2v) is 7.84. The molecule has 0 heterocycles. The molecule has 0 spiro atoms. The molecular weight excluding hydrogens is 458 g/mol. The number of aliphatic carboxylic acids is 1.